The van der Waals surface area contributed by atoms with Crippen LogP contribution in [0.1, 0.15) is 23.2 Å². The van der Waals surface area contributed by atoms with Gasteiger partial charge >= 0.3 is 5.97 Å². The monoisotopic (exact) mass is 308 g/mol. The molecular formula is C10H11BrF2N2O2. The first-order valence-corrected chi connectivity index (χ1v) is 5.51. The van der Waals surface area contributed by atoms with Crippen LogP contribution in [0, 0.1) is 0 Å². The number of pyridine rings is 1. The van der Waals surface area contributed by atoms with E-state index in [1.807, 2.05) is 0 Å². The van der Waals surface area contributed by atoms with Gasteiger partial charge in [-0.2, -0.15) is 0 Å². The van der Waals surface area contributed by atoms with Crippen molar-refractivity contribution in [2.24, 2.45) is 5.73 Å². The predicted molar refractivity (Wildman–Crippen MR) is 60.5 cm³/mol. The minimum atomic E-state index is -2.67. The van der Waals surface area contributed by atoms with E-state index in [0.717, 1.165) is 6.20 Å². The summed E-state index contributed by atoms with van der Waals surface area (Å²) in [5.41, 5.74) is 5.92. The number of methoxy groups -OCH3 is 1. The number of carbonyl (C=O) groups is 1. The first kappa shape index (κ1) is 14.0. The molecule has 1 heterocycles. The van der Waals surface area contributed by atoms with Gasteiger partial charge in [0, 0.05) is 22.8 Å². The Bertz CT molecular complexity index is 427. The van der Waals surface area contributed by atoms with Gasteiger partial charge < -0.3 is 10.5 Å². The fourth-order valence-corrected chi connectivity index (χ4v) is 1.95. The van der Waals surface area contributed by atoms with E-state index in [9.17, 15) is 13.6 Å². The molecule has 94 valence electrons. The first-order chi connectivity index (χ1) is 8.01. The minimum absolute atomic E-state index is 0.0639. The molecule has 1 rings (SSSR count). The fraction of sp³-hybridized carbons (Fsp3) is 0.400. The molecule has 0 bridgehead atoms. The highest BCUT2D eigenvalue weighted by Crippen LogP contribution is 2.31. The summed E-state index contributed by atoms with van der Waals surface area (Å²) < 4.78 is 29.9. The molecule has 7 heteroatoms. The molecule has 0 atom stereocenters. The van der Waals surface area contributed by atoms with E-state index >= 15 is 0 Å². The fourth-order valence-electron chi connectivity index (χ4n) is 1.31. The summed E-state index contributed by atoms with van der Waals surface area (Å²) in [6.45, 7) is 0.0639. The Morgan fingerprint density at radius 2 is 2.29 bits per heavy atom. The maximum Gasteiger partial charge on any atom is 0.310 e. The van der Waals surface area contributed by atoms with Crippen molar-refractivity contribution in [2.75, 3.05) is 7.11 Å². The number of nitrogens with two attached hydrogens (primary N) is 1. The number of alkyl halides is 2. The molecule has 0 saturated carbocycles. The summed E-state index contributed by atoms with van der Waals surface area (Å²) in [5.74, 6) is -0.534. The lowest BCUT2D eigenvalue weighted by Gasteiger charge is -2.12. The zero-order chi connectivity index (χ0) is 13.0. The molecule has 0 amide bonds. The molecule has 0 fully saturated rings. The minimum Gasteiger partial charge on any atom is -0.469 e. The van der Waals surface area contributed by atoms with Crippen molar-refractivity contribution < 1.29 is 18.3 Å². The summed E-state index contributed by atoms with van der Waals surface area (Å²) in [6.07, 6.45) is -1.75. The van der Waals surface area contributed by atoms with Gasteiger partial charge in [0.1, 0.15) is 0 Å². The number of hydrogen-bond donors (Lipinski definition) is 1. The quantitative estimate of drug-likeness (QED) is 0.864. The molecule has 17 heavy (non-hydrogen) atoms. The Hall–Kier alpha value is -1.08. The summed E-state index contributed by atoms with van der Waals surface area (Å²) in [7, 11) is 1.22. The lowest BCUT2D eigenvalue weighted by atomic mass is 10.1. The zero-order valence-corrected chi connectivity index (χ0v) is 10.6. The van der Waals surface area contributed by atoms with E-state index in [2.05, 4.69) is 25.7 Å². The number of carbonyl (C=O) groups excluding carboxylic acids is 1. The number of hydrogen-bond acceptors (Lipinski definition) is 4. The molecule has 0 aliphatic carbocycles. The van der Waals surface area contributed by atoms with E-state index in [4.69, 9.17) is 5.73 Å². The van der Waals surface area contributed by atoms with Gasteiger partial charge in [0.05, 0.1) is 24.8 Å². The summed E-state index contributed by atoms with van der Waals surface area (Å²) in [6, 6.07) is 0. The van der Waals surface area contributed by atoms with Crippen molar-refractivity contribution in [1.29, 1.82) is 0 Å². The molecule has 0 aliphatic heterocycles. The molecule has 0 unspecified atom stereocenters. The van der Waals surface area contributed by atoms with E-state index in [0.29, 0.717) is 11.3 Å². The largest absolute Gasteiger partial charge is 0.469 e. The topological polar surface area (TPSA) is 65.2 Å². The molecule has 4 nitrogen and oxygen atoms in total. The Morgan fingerprint density at radius 1 is 1.65 bits per heavy atom. The predicted octanol–water partition coefficient (Wildman–Crippen LogP) is 1.96. The maximum absolute atomic E-state index is 12.6. The number of halogens is 3. The third kappa shape index (κ3) is 3.19. The number of esters is 1. The Morgan fingerprint density at radius 3 is 2.76 bits per heavy atom. The van der Waals surface area contributed by atoms with Crippen LogP contribution >= 0.6 is 15.9 Å². The van der Waals surface area contributed by atoms with E-state index in [1.54, 1.807) is 0 Å². The second-order valence-corrected chi connectivity index (χ2v) is 4.00. The number of rotatable bonds is 4. The molecule has 1 aromatic heterocycles. The molecule has 2 N–H and O–H groups in total. The van der Waals surface area contributed by atoms with Gasteiger partial charge in [0.15, 0.2) is 0 Å². The third-order valence-electron chi connectivity index (χ3n) is 2.20. The van der Waals surface area contributed by atoms with Crippen LogP contribution in [0.25, 0.3) is 0 Å². The molecular weight excluding hydrogens is 298 g/mol. The summed E-state index contributed by atoms with van der Waals surface area (Å²) >= 11 is 3.05. The zero-order valence-electron chi connectivity index (χ0n) is 9.04. The lowest BCUT2D eigenvalue weighted by molar-refractivity contribution is -0.139. The van der Waals surface area contributed by atoms with Gasteiger partial charge in [-0.1, -0.05) is 0 Å². The van der Waals surface area contributed by atoms with Crippen LogP contribution in [-0.4, -0.2) is 18.1 Å². The van der Waals surface area contributed by atoms with Gasteiger partial charge in [0.25, 0.3) is 6.43 Å². The van der Waals surface area contributed by atoms with Crippen molar-refractivity contribution >= 4 is 21.9 Å². The van der Waals surface area contributed by atoms with Crippen molar-refractivity contribution in [2.45, 2.75) is 19.4 Å². The molecule has 0 spiro atoms. The number of ether oxygens (including phenoxy) is 1. The SMILES string of the molecule is COC(=O)Cc1c(CN)ncc(C(F)F)c1Br. The van der Waals surface area contributed by atoms with Crippen molar-refractivity contribution in [3.05, 3.63) is 27.5 Å². The lowest BCUT2D eigenvalue weighted by Crippen LogP contribution is -2.12. The van der Waals surface area contributed by atoms with Gasteiger partial charge in [-0.15, -0.1) is 0 Å². The van der Waals surface area contributed by atoms with Crippen LogP contribution in [0.4, 0.5) is 8.78 Å². The van der Waals surface area contributed by atoms with Crippen LogP contribution in [0.2, 0.25) is 0 Å². The second-order valence-electron chi connectivity index (χ2n) is 3.21. The second kappa shape index (κ2) is 6.02. The molecule has 0 saturated heterocycles. The van der Waals surface area contributed by atoms with Crippen LogP contribution in [0.3, 0.4) is 0 Å². The van der Waals surface area contributed by atoms with E-state index < -0.39 is 12.4 Å². The number of aromatic nitrogens is 1. The van der Waals surface area contributed by atoms with E-state index in [1.165, 1.54) is 7.11 Å². The van der Waals surface area contributed by atoms with Crippen LogP contribution in [0.15, 0.2) is 10.7 Å². The van der Waals surface area contributed by atoms with E-state index in [-0.39, 0.29) is 23.0 Å². The maximum atomic E-state index is 12.6. The summed E-state index contributed by atoms with van der Waals surface area (Å²) in [4.78, 5) is 15.0. The average Bonchev–Trinajstić information content (AvgIpc) is 2.30. The Labute approximate surface area is 105 Å². The van der Waals surface area contributed by atoms with Crippen molar-refractivity contribution in [1.82, 2.24) is 4.98 Å². The summed E-state index contributed by atoms with van der Waals surface area (Å²) in [5, 5.41) is 0. The van der Waals surface area contributed by atoms with Crippen LogP contribution in [0.5, 0.6) is 0 Å². The van der Waals surface area contributed by atoms with Crippen molar-refractivity contribution in [3.8, 4) is 0 Å². The third-order valence-corrected chi connectivity index (χ3v) is 3.14. The highest BCUT2D eigenvalue weighted by Gasteiger charge is 2.20. The number of nitrogens with zero attached hydrogens (tertiary/aromatic N) is 1. The van der Waals surface area contributed by atoms with Gasteiger partial charge in [-0.05, 0) is 15.9 Å². The Balaban J connectivity index is 3.22. The highest BCUT2D eigenvalue weighted by molar-refractivity contribution is 9.10. The molecule has 0 aliphatic rings. The Kier molecular flexibility index (Phi) is 4.95. The van der Waals surface area contributed by atoms with Crippen molar-refractivity contribution in [3.63, 3.8) is 0 Å². The van der Waals surface area contributed by atoms with Crippen LogP contribution < -0.4 is 5.73 Å². The average molecular weight is 309 g/mol. The van der Waals surface area contributed by atoms with Gasteiger partial charge in [-0.25, -0.2) is 8.78 Å². The van der Waals surface area contributed by atoms with Gasteiger partial charge in [-0.3, -0.25) is 9.78 Å². The molecule has 0 radical (unpaired) electrons. The van der Waals surface area contributed by atoms with Crippen LogP contribution in [-0.2, 0) is 22.5 Å². The van der Waals surface area contributed by atoms with Gasteiger partial charge in [0.2, 0.25) is 0 Å². The normalized spacial score (nSPS) is 10.7. The molecule has 1 aromatic rings. The smallest absolute Gasteiger partial charge is 0.310 e. The highest BCUT2D eigenvalue weighted by atomic mass is 79.9. The standard InChI is InChI=1S/C10H11BrF2N2O2/c1-17-8(16)2-5-7(3-14)15-4-6(9(5)11)10(12)13/h4,10H,2-3,14H2,1H3. The molecule has 0 aromatic carbocycles. The first-order valence-electron chi connectivity index (χ1n) is 4.72.